The van der Waals surface area contributed by atoms with Crippen LogP contribution in [0.5, 0.6) is 11.5 Å². The van der Waals surface area contributed by atoms with Crippen LogP contribution in [0, 0.1) is 13.8 Å². The van der Waals surface area contributed by atoms with Gasteiger partial charge in [-0.25, -0.2) is 5.01 Å². The molecule has 1 amide bonds. The Hall–Kier alpha value is -2.86. The highest BCUT2D eigenvalue weighted by Gasteiger charge is 2.36. The van der Waals surface area contributed by atoms with Crippen molar-refractivity contribution in [3.8, 4) is 11.5 Å². The van der Waals surface area contributed by atoms with Gasteiger partial charge in [0, 0.05) is 18.0 Å². The van der Waals surface area contributed by atoms with E-state index in [4.69, 9.17) is 14.6 Å². The number of rotatable bonds is 6. The quantitative estimate of drug-likeness (QED) is 0.631. The lowest BCUT2D eigenvalue weighted by Gasteiger charge is -2.34. The van der Waals surface area contributed by atoms with Gasteiger partial charge in [0.05, 0.1) is 32.5 Å². The first kappa shape index (κ1) is 23.3. The van der Waals surface area contributed by atoms with Crippen LogP contribution >= 0.6 is 0 Å². The van der Waals surface area contributed by atoms with Gasteiger partial charge in [-0.15, -0.1) is 0 Å². The molecule has 2 aromatic carbocycles. The lowest BCUT2D eigenvalue weighted by molar-refractivity contribution is -0.135. The number of carbonyl (C=O) groups is 1. The van der Waals surface area contributed by atoms with E-state index in [-0.39, 0.29) is 11.9 Å². The predicted octanol–water partition coefficient (Wildman–Crippen LogP) is 4.87. The number of amides is 1. The van der Waals surface area contributed by atoms with Crippen LogP contribution in [0.2, 0.25) is 0 Å². The van der Waals surface area contributed by atoms with Crippen molar-refractivity contribution in [2.24, 2.45) is 5.10 Å². The molecule has 2 atom stereocenters. The lowest BCUT2D eigenvalue weighted by Crippen LogP contribution is -2.44. The summed E-state index contributed by atoms with van der Waals surface area (Å²) in [4.78, 5) is 15.9. The van der Waals surface area contributed by atoms with Gasteiger partial charge < -0.3 is 9.47 Å². The molecule has 2 aliphatic rings. The van der Waals surface area contributed by atoms with Crippen molar-refractivity contribution in [2.45, 2.75) is 58.5 Å². The minimum atomic E-state index is -0.237. The Bertz CT molecular complexity index is 1050. The Kier molecular flexibility index (Phi) is 7.03. The number of carbonyl (C=O) groups excluding carboxylic acids is 1. The second-order valence-corrected chi connectivity index (χ2v) is 9.23. The summed E-state index contributed by atoms with van der Waals surface area (Å²) in [6, 6.07) is 12.3. The van der Waals surface area contributed by atoms with Crippen LogP contribution in [0.4, 0.5) is 0 Å². The number of likely N-dealkylation sites (tertiary alicyclic amines) is 1. The van der Waals surface area contributed by atoms with Gasteiger partial charge >= 0.3 is 0 Å². The minimum Gasteiger partial charge on any atom is -0.497 e. The summed E-state index contributed by atoms with van der Waals surface area (Å²) in [6.07, 6.45) is 4.14. The maximum Gasteiger partial charge on any atom is 0.257 e. The van der Waals surface area contributed by atoms with Gasteiger partial charge in [-0.3, -0.25) is 9.69 Å². The van der Waals surface area contributed by atoms with E-state index >= 15 is 0 Å². The molecule has 6 heteroatoms. The Morgan fingerprint density at radius 1 is 1.06 bits per heavy atom. The molecule has 0 bridgehead atoms. The molecule has 0 aliphatic carbocycles. The number of methoxy groups -OCH3 is 2. The van der Waals surface area contributed by atoms with E-state index in [9.17, 15) is 4.79 Å². The Morgan fingerprint density at radius 2 is 1.88 bits per heavy atom. The van der Waals surface area contributed by atoms with Crippen molar-refractivity contribution < 1.29 is 14.3 Å². The molecule has 2 aromatic rings. The largest absolute Gasteiger partial charge is 0.497 e. The highest BCUT2D eigenvalue weighted by molar-refractivity contribution is 6.03. The molecule has 1 saturated heterocycles. The van der Waals surface area contributed by atoms with Gasteiger partial charge in [0.2, 0.25) is 0 Å². The molecule has 0 N–H and O–H groups in total. The first-order valence-corrected chi connectivity index (χ1v) is 11.8. The topological polar surface area (TPSA) is 54.4 Å². The predicted molar refractivity (Wildman–Crippen MR) is 131 cm³/mol. The summed E-state index contributed by atoms with van der Waals surface area (Å²) in [6.45, 7) is 7.77. The zero-order valence-electron chi connectivity index (χ0n) is 20.4. The van der Waals surface area contributed by atoms with Crippen molar-refractivity contribution in [3.05, 3.63) is 58.7 Å². The summed E-state index contributed by atoms with van der Waals surface area (Å²) >= 11 is 0. The molecule has 176 valence electrons. The molecule has 2 aliphatic heterocycles. The summed E-state index contributed by atoms with van der Waals surface area (Å²) in [5, 5.41) is 6.57. The SMILES string of the molecule is COc1ccc(OC)c(C2CC(c3ccc(C)c(C)c3)=NN2C(=O)CN2CCCCC2C)c1. The number of hydrogen-bond donors (Lipinski definition) is 0. The van der Waals surface area contributed by atoms with Crippen molar-refractivity contribution in [1.82, 2.24) is 9.91 Å². The third kappa shape index (κ3) is 4.91. The van der Waals surface area contributed by atoms with Crippen LogP contribution in [0.3, 0.4) is 0 Å². The maximum absolute atomic E-state index is 13.6. The van der Waals surface area contributed by atoms with E-state index < -0.39 is 0 Å². The zero-order chi connectivity index (χ0) is 23.5. The first-order valence-electron chi connectivity index (χ1n) is 11.8. The van der Waals surface area contributed by atoms with Crippen LogP contribution in [-0.2, 0) is 4.79 Å². The summed E-state index contributed by atoms with van der Waals surface area (Å²) in [5.74, 6) is 1.50. The molecule has 6 nitrogen and oxygen atoms in total. The summed E-state index contributed by atoms with van der Waals surface area (Å²) < 4.78 is 11.2. The number of nitrogens with zero attached hydrogens (tertiary/aromatic N) is 3. The van der Waals surface area contributed by atoms with E-state index in [1.165, 1.54) is 17.5 Å². The molecule has 2 unspecified atom stereocenters. The first-order chi connectivity index (χ1) is 15.9. The number of ether oxygens (including phenoxy) is 2. The summed E-state index contributed by atoms with van der Waals surface area (Å²) in [7, 11) is 3.31. The Balaban J connectivity index is 1.70. The number of hydrazone groups is 1. The van der Waals surface area contributed by atoms with Gasteiger partial charge in [-0.2, -0.15) is 5.10 Å². The van der Waals surface area contributed by atoms with Crippen molar-refractivity contribution >= 4 is 11.6 Å². The maximum atomic E-state index is 13.6. The number of piperidine rings is 1. The molecule has 4 rings (SSSR count). The van der Waals surface area contributed by atoms with Gasteiger partial charge in [-0.05, 0) is 81.1 Å². The second-order valence-electron chi connectivity index (χ2n) is 9.23. The molecule has 0 aromatic heterocycles. The van der Waals surface area contributed by atoms with Gasteiger partial charge in [0.1, 0.15) is 11.5 Å². The van der Waals surface area contributed by atoms with Gasteiger partial charge in [0.25, 0.3) is 5.91 Å². The van der Waals surface area contributed by atoms with Crippen LogP contribution in [0.1, 0.15) is 60.9 Å². The van der Waals surface area contributed by atoms with E-state index in [0.717, 1.165) is 47.7 Å². The lowest BCUT2D eigenvalue weighted by atomic mass is 9.95. The van der Waals surface area contributed by atoms with Crippen LogP contribution in [-0.4, -0.2) is 54.9 Å². The highest BCUT2D eigenvalue weighted by Crippen LogP contribution is 2.39. The van der Waals surface area contributed by atoms with Crippen LogP contribution in [0.15, 0.2) is 41.5 Å². The van der Waals surface area contributed by atoms with Gasteiger partial charge in [-0.1, -0.05) is 18.6 Å². The molecule has 33 heavy (non-hydrogen) atoms. The molecule has 1 fully saturated rings. The van der Waals surface area contributed by atoms with E-state index in [1.54, 1.807) is 19.2 Å². The Morgan fingerprint density at radius 3 is 2.58 bits per heavy atom. The van der Waals surface area contributed by atoms with Gasteiger partial charge in [0.15, 0.2) is 0 Å². The molecular weight excluding hydrogens is 414 g/mol. The Labute approximate surface area is 197 Å². The fourth-order valence-corrected chi connectivity index (χ4v) is 4.82. The number of hydrogen-bond acceptors (Lipinski definition) is 5. The fraction of sp³-hybridized carbons (Fsp3) is 0.481. The van der Waals surface area contributed by atoms with Crippen molar-refractivity contribution in [3.63, 3.8) is 0 Å². The van der Waals surface area contributed by atoms with Crippen molar-refractivity contribution in [1.29, 1.82) is 0 Å². The van der Waals surface area contributed by atoms with Crippen LogP contribution < -0.4 is 9.47 Å². The molecule has 0 saturated carbocycles. The normalized spacial score (nSPS) is 21.1. The van der Waals surface area contributed by atoms with E-state index in [2.05, 4.69) is 43.9 Å². The monoisotopic (exact) mass is 449 g/mol. The number of benzene rings is 2. The average Bonchev–Trinajstić information content (AvgIpc) is 3.27. The standard InChI is InChI=1S/C27H35N3O3/c1-18-9-10-21(14-19(18)2)24-16-25(23-15-22(32-4)11-12-26(23)33-5)30(28-24)27(31)17-29-13-7-6-8-20(29)3/h9-12,14-15,20,25H,6-8,13,16-17H2,1-5H3. The zero-order valence-corrected chi connectivity index (χ0v) is 20.4. The molecule has 0 radical (unpaired) electrons. The number of aryl methyl sites for hydroxylation is 2. The van der Waals surface area contributed by atoms with E-state index in [0.29, 0.717) is 19.0 Å². The summed E-state index contributed by atoms with van der Waals surface area (Å²) in [5.41, 5.74) is 5.37. The fourth-order valence-electron chi connectivity index (χ4n) is 4.82. The average molecular weight is 450 g/mol. The smallest absolute Gasteiger partial charge is 0.257 e. The third-order valence-electron chi connectivity index (χ3n) is 7.08. The molecule has 0 spiro atoms. The second kappa shape index (κ2) is 9.96. The highest BCUT2D eigenvalue weighted by atomic mass is 16.5. The third-order valence-corrected chi connectivity index (χ3v) is 7.08. The molecule has 2 heterocycles. The van der Waals surface area contributed by atoms with E-state index in [1.807, 2.05) is 18.2 Å². The van der Waals surface area contributed by atoms with Crippen LogP contribution in [0.25, 0.3) is 0 Å². The van der Waals surface area contributed by atoms with Crippen molar-refractivity contribution in [2.75, 3.05) is 27.3 Å². The minimum absolute atomic E-state index is 0.0254. The molecular formula is C27H35N3O3.